The minimum atomic E-state index is -4.40. The molecule has 1 amide bonds. The highest BCUT2D eigenvalue weighted by atomic mass is 19.4. The van der Waals surface area contributed by atoms with Gasteiger partial charge in [0.25, 0.3) is 5.92 Å². The zero-order valence-electron chi connectivity index (χ0n) is 18.9. The Morgan fingerprint density at radius 3 is 2.53 bits per heavy atom. The van der Waals surface area contributed by atoms with Crippen LogP contribution in [-0.4, -0.2) is 76.0 Å². The van der Waals surface area contributed by atoms with Gasteiger partial charge in [0.05, 0.1) is 29.2 Å². The molecule has 0 aliphatic carbocycles. The second-order valence-corrected chi connectivity index (χ2v) is 9.71. The van der Waals surface area contributed by atoms with Crippen molar-refractivity contribution >= 4 is 16.9 Å². The van der Waals surface area contributed by atoms with Crippen molar-refractivity contribution < 1.29 is 26.7 Å². The van der Waals surface area contributed by atoms with Gasteiger partial charge in [-0.2, -0.15) is 13.2 Å². The summed E-state index contributed by atoms with van der Waals surface area (Å²) in [7, 11) is 0. The van der Waals surface area contributed by atoms with Gasteiger partial charge in [0.15, 0.2) is 0 Å². The number of halogens is 5. The van der Waals surface area contributed by atoms with E-state index in [1.54, 1.807) is 0 Å². The second-order valence-electron chi connectivity index (χ2n) is 9.71. The van der Waals surface area contributed by atoms with Crippen molar-refractivity contribution in [1.29, 1.82) is 0 Å². The highest BCUT2D eigenvalue weighted by Crippen LogP contribution is 2.35. The number of nitrogens with zero attached hydrogens (tertiary/aromatic N) is 4. The molecule has 0 radical (unpaired) electrons. The fraction of sp³-hybridized carbons (Fsp3) is 0.652. The summed E-state index contributed by atoms with van der Waals surface area (Å²) in [6.07, 6.45) is -2.44. The third kappa shape index (κ3) is 4.39. The van der Waals surface area contributed by atoms with E-state index < -0.39 is 30.2 Å². The summed E-state index contributed by atoms with van der Waals surface area (Å²) in [5, 5.41) is 3.21. The molecule has 2 atom stereocenters. The van der Waals surface area contributed by atoms with Crippen molar-refractivity contribution in [3.63, 3.8) is 0 Å². The average Bonchev–Trinajstić information content (AvgIpc) is 3.48. The smallest absolute Gasteiger partial charge is 0.335 e. The fourth-order valence-corrected chi connectivity index (χ4v) is 5.69. The van der Waals surface area contributed by atoms with Gasteiger partial charge in [0.1, 0.15) is 5.82 Å². The van der Waals surface area contributed by atoms with Gasteiger partial charge in [-0.05, 0) is 44.4 Å². The number of amides is 1. The van der Waals surface area contributed by atoms with E-state index in [0.29, 0.717) is 29.8 Å². The summed E-state index contributed by atoms with van der Waals surface area (Å²) in [5.74, 6) is -2.34. The Labute approximate surface area is 194 Å². The Morgan fingerprint density at radius 2 is 1.88 bits per heavy atom. The van der Waals surface area contributed by atoms with Crippen LogP contribution in [0.2, 0.25) is 0 Å². The van der Waals surface area contributed by atoms with Crippen LogP contribution in [0.5, 0.6) is 0 Å². The van der Waals surface area contributed by atoms with Gasteiger partial charge in [0.2, 0.25) is 5.91 Å². The third-order valence-corrected chi connectivity index (χ3v) is 7.46. The van der Waals surface area contributed by atoms with Gasteiger partial charge >= 0.3 is 6.18 Å². The zero-order valence-corrected chi connectivity index (χ0v) is 18.9. The van der Waals surface area contributed by atoms with Crippen molar-refractivity contribution in [2.24, 2.45) is 0 Å². The van der Waals surface area contributed by atoms with Crippen molar-refractivity contribution in [2.45, 2.75) is 62.8 Å². The van der Waals surface area contributed by atoms with Crippen LogP contribution in [0, 0.1) is 6.92 Å². The Kier molecular flexibility index (Phi) is 5.83. The van der Waals surface area contributed by atoms with E-state index in [-0.39, 0.29) is 31.0 Å². The minimum Gasteiger partial charge on any atom is -0.335 e. The van der Waals surface area contributed by atoms with Crippen LogP contribution in [0.4, 0.5) is 22.0 Å². The number of likely N-dealkylation sites (tertiary alicyclic amines) is 2. The molecule has 3 aliphatic rings. The van der Waals surface area contributed by atoms with Crippen LogP contribution in [0.25, 0.3) is 11.0 Å². The van der Waals surface area contributed by atoms with Gasteiger partial charge < -0.3 is 14.8 Å². The minimum absolute atomic E-state index is 0.1000. The molecular formula is C23H28F5N5O. The average molecular weight is 486 g/mol. The molecule has 4 heterocycles. The lowest BCUT2D eigenvalue weighted by molar-refractivity contribution is -0.137. The van der Waals surface area contributed by atoms with Crippen LogP contribution in [0.15, 0.2) is 18.2 Å². The molecule has 2 aromatic rings. The number of carbonyl (C=O) groups is 1. The van der Waals surface area contributed by atoms with Crippen LogP contribution < -0.4 is 5.32 Å². The highest BCUT2D eigenvalue weighted by Gasteiger charge is 2.44. The predicted molar refractivity (Wildman–Crippen MR) is 116 cm³/mol. The number of benzene rings is 1. The van der Waals surface area contributed by atoms with Crippen LogP contribution in [0.3, 0.4) is 0 Å². The maximum atomic E-state index is 13.5. The van der Waals surface area contributed by atoms with Gasteiger partial charge in [0, 0.05) is 44.7 Å². The monoisotopic (exact) mass is 485 g/mol. The number of aromatic nitrogens is 2. The molecule has 34 heavy (non-hydrogen) atoms. The van der Waals surface area contributed by atoms with Crippen LogP contribution >= 0.6 is 0 Å². The van der Waals surface area contributed by atoms with Crippen molar-refractivity contribution in [3.05, 3.63) is 29.6 Å². The third-order valence-electron chi connectivity index (χ3n) is 7.46. The summed E-state index contributed by atoms with van der Waals surface area (Å²) in [6, 6.07) is 3.57. The summed E-state index contributed by atoms with van der Waals surface area (Å²) in [6.45, 7) is 3.64. The molecule has 1 aromatic carbocycles. The van der Waals surface area contributed by atoms with E-state index in [9.17, 15) is 26.7 Å². The Bertz CT molecular complexity index is 1080. The number of hydrogen-bond acceptors (Lipinski definition) is 4. The Hall–Kier alpha value is -2.27. The number of alkyl halides is 5. The molecule has 3 aliphatic heterocycles. The van der Waals surface area contributed by atoms with Crippen molar-refractivity contribution in [1.82, 2.24) is 24.7 Å². The molecule has 0 saturated carbocycles. The van der Waals surface area contributed by atoms with Crippen molar-refractivity contribution in [2.75, 3.05) is 32.7 Å². The number of imidazole rings is 1. The molecule has 6 nitrogen and oxygen atoms in total. The van der Waals surface area contributed by atoms with E-state index in [1.807, 2.05) is 11.5 Å². The molecule has 5 rings (SSSR count). The number of hydrogen-bond donors (Lipinski definition) is 1. The first-order chi connectivity index (χ1) is 16.0. The Balaban J connectivity index is 1.21. The van der Waals surface area contributed by atoms with Gasteiger partial charge in [-0.3, -0.25) is 9.69 Å². The number of nitrogens with one attached hydrogen (secondary N) is 1. The second kappa shape index (κ2) is 8.44. The molecular weight excluding hydrogens is 457 g/mol. The molecule has 186 valence electrons. The molecule has 0 spiro atoms. The topological polar surface area (TPSA) is 53.4 Å². The standard InChI is InChI=1S/C23H28F5N5O/c1-14-30-18-10-15(23(26,27)28)2-3-20(18)33(14)16-4-7-31(8-5-16)17-11-19(29-12-17)21(34)32-9-6-22(24,25)13-32/h2-3,10,16-17,19,29H,4-9,11-13H2,1H3/t17-,19-/m0/s1. The predicted octanol–water partition coefficient (Wildman–Crippen LogP) is 3.60. The normalized spacial score (nSPS) is 26.6. The molecule has 0 bridgehead atoms. The van der Waals surface area contributed by atoms with E-state index in [0.717, 1.165) is 38.1 Å². The first-order valence-electron chi connectivity index (χ1n) is 11.7. The first kappa shape index (κ1) is 23.5. The first-order valence-corrected chi connectivity index (χ1v) is 11.7. The Morgan fingerprint density at radius 1 is 1.15 bits per heavy atom. The summed E-state index contributed by atoms with van der Waals surface area (Å²) in [4.78, 5) is 20.6. The van der Waals surface area contributed by atoms with Crippen LogP contribution in [0.1, 0.15) is 43.1 Å². The number of rotatable bonds is 3. The largest absolute Gasteiger partial charge is 0.416 e. The number of aryl methyl sites for hydroxylation is 1. The molecule has 0 unspecified atom stereocenters. The number of piperidine rings is 1. The van der Waals surface area contributed by atoms with Gasteiger partial charge in [-0.15, -0.1) is 0 Å². The van der Waals surface area contributed by atoms with Gasteiger partial charge in [-0.1, -0.05) is 0 Å². The van der Waals surface area contributed by atoms with E-state index in [2.05, 4.69) is 15.2 Å². The zero-order chi connectivity index (χ0) is 24.3. The molecule has 11 heteroatoms. The lowest BCUT2D eigenvalue weighted by atomic mass is 10.0. The molecule has 1 aromatic heterocycles. The summed E-state index contributed by atoms with van der Waals surface area (Å²) < 4.78 is 68.2. The maximum Gasteiger partial charge on any atom is 0.416 e. The van der Waals surface area contributed by atoms with E-state index in [4.69, 9.17) is 0 Å². The number of fused-ring (bicyclic) bond motifs is 1. The highest BCUT2D eigenvalue weighted by molar-refractivity contribution is 5.82. The van der Waals surface area contributed by atoms with Gasteiger partial charge in [-0.25, -0.2) is 13.8 Å². The lowest BCUT2D eigenvalue weighted by Gasteiger charge is -2.36. The number of carbonyl (C=O) groups excluding carboxylic acids is 1. The lowest BCUT2D eigenvalue weighted by Crippen LogP contribution is -2.43. The summed E-state index contributed by atoms with van der Waals surface area (Å²) in [5.41, 5.74) is 0.359. The summed E-state index contributed by atoms with van der Waals surface area (Å²) >= 11 is 0. The van der Waals surface area contributed by atoms with E-state index >= 15 is 0 Å². The molecule has 3 saturated heterocycles. The van der Waals surface area contributed by atoms with Crippen molar-refractivity contribution in [3.8, 4) is 0 Å². The quantitative estimate of drug-likeness (QED) is 0.676. The SMILES string of the molecule is Cc1nc2cc(C(F)(F)F)ccc2n1C1CCN([C@@H]2CN[C@H](C(=O)N3CCC(F)(F)C3)C2)CC1. The molecule has 1 N–H and O–H groups in total. The van der Waals surface area contributed by atoms with Crippen LogP contribution in [-0.2, 0) is 11.0 Å². The van der Waals surface area contributed by atoms with E-state index in [1.165, 1.54) is 11.0 Å². The molecule has 3 fully saturated rings. The maximum absolute atomic E-state index is 13.5. The fourth-order valence-electron chi connectivity index (χ4n) is 5.69.